The van der Waals surface area contributed by atoms with Gasteiger partial charge in [0, 0.05) is 5.69 Å². The van der Waals surface area contributed by atoms with Crippen molar-refractivity contribution in [2.75, 3.05) is 5.32 Å². The summed E-state index contributed by atoms with van der Waals surface area (Å²) in [5.41, 5.74) is -0.338. The molecule has 0 aliphatic heterocycles. The maximum atomic E-state index is 13.4. The molecule has 1 N–H and O–H groups in total. The van der Waals surface area contributed by atoms with Gasteiger partial charge in [0.15, 0.2) is 0 Å². The lowest BCUT2D eigenvalue weighted by Gasteiger charge is -2.22. The highest BCUT2D eigenvalue weighted by Gasteiger charge is 2.38. The van der Waals surface area contributed by atoms with Crippen LogP contribution in [0.5, 0.6) is 0 Å². The summed E-state index contributed by atoms with van der Waals surface area (Å²) in [7, 11) is 0. The minimum atomic E-state index is -4.93. The number of amides is 1. The lowest BCUT2D eigenvalue weighted by Crippen LogP contribution is -2.37. The molecule has 29 heavy (non-hydrogen) atoms. The molecule has 3 aromatic rings. The zero-order chi connectivity index (χ0) is 21.3. The van der Waals surface area contributed by atoms with Gasteiger partial charge in [-0.25, -0.2) is 4.98 Å². The molecule has 1 aromatic heterocycles. The van der Waals surface area contributed by atoms with Gasteiger partial charge in [-0.15, -0.1) is 0 Å². The van der Waals surface area contributed by atoms with Crippen LogP contribution in [0.25, 0.3) is 11.0 Å². The van der Waals surface area contributed by atoms with Gasteiger partial charge >= 0.3 is 6.18 Å². The molecule has 1 heterocycles. The number of benzene rings is 2. The number of nitrogens with one attached hydrogen (secondary N) is 1. The number of hydrogen-bond acceptors (Lipinski definition) is 3. The number of nitrogens with zero attached hydrogens (tertiary/aromatic N) is 2. The van der Waals surface area contributed by atoms with Gasteiger partial charge in [0.25, 0.3) is 5.56 Å². The predicted molar refractivity (Wildman–Crippen MR) is 105 cm³/mol. The van der Waals surface area contributed by atoms with E-state index in [0.717, 1.165) is 15.7 Å². The van der Waals surface area contributed by atoms with Gasteiger partial charge in [0.2, 0.25) is 11.6 Å². The van der Waals surface area contributed by atoms with Crippen LogP contribution < -0.4 is 10.9 Å². The molecule has 0 bridgehead atoms. The van der Waals surface area contributed by atoms with Crippen molar-refractivity contribution in [1.82, 2.24) is 9.55 Å². The SMILES string of the molecule is CC[C@@H](C(=O)Nc1cccc(C)c1C)n1c(=O)c(C(F)(F)F)nc2ccccc21. The molecule has 0 aliphatic carbocycles. The average Bonchev–Trinajstić information content (AvgIpc) is 2.66. The van der Waals surface area contributed by atoms with Crippen molar-refractivity contribution < 1.29 is 18.0 Å². The topological polar surface area (TPSA) is 64.0 Å². The molecule has 8 heteroatoms. The van der Waals surface area contributed by atoms with Crippen LogP contribution in [-0.2, 0) is 11.0 Å². The summed E-state index contributed by atoms with van der Waals surface area (Å²) in [6, 6.07) is 10.2. The first kappa shape index (κ1) is 20.6. The van der Waals surface area contributed by atoms with E-state index < -0.39 is 29.4 Å². The van der Waals surface area contributed by atoms with Crippen LogP contribution in [0, 0.1) is 13.8 Å². The fourth-order valence-electron chi connectivity index (χ4n) is 3.24. The van der Waals surface area contributed by atoms with E-state index in [1.54, 1.807) is 25.1 Å². The third-order valence-corrected chi connectivity index (χ3v) is 4.93. The molecule has 0 saturated heterocycles. The van der Waals surface area contributed by atoms with Crippen molar-refractivity contribution >= 4 is 22.6 Å². The van der Waals surface area contributed by atoms with Crippen LogP contribution in [-0.4, -0.2) is 15.5 Å². The molecule has 152 valence electrons. The van der Waals surface area contributed by atoms with Gasteiger partial charge in [-0.1, -0.05) is 31.2 Å². The first-order valence-corrected chi connectivity index (χ1v) is 9.10. The molecule has 0 aliphatic rings. The second-order valence-electron chi connectivity index (χ2n) is 6.78. The van der Waals surface area contributed by atoms with E-state index >= 15 is 0 Å². The molecule has 0 radical (unpaired) electrons. The van der Waals surface area contributed by atoms with Gasteiger partial charge in [-0.2, -0.15) is 13.2 Å². The highest BCUT2D eigenvalue weighted by Crippen LogP contribution is 2.28. The molecule has 1 amide bonds. The van der Waals surface area contributed by atoms with Gasteiger partial charge in [0.1, 0.15) is 6.04 Å². The fourth-order valence-corrected chi connectivity index (χ4v) is 3.24. The predicted octanol–water partition coefficient (Wildman–Crippen LogP) is 4.62. The molecule has 0 fully saturated rings. The minimum absolute atomic E-state index is 0.00240. The van der Waals surface area contributed by atoms with Gasteiger partial charge in [-0.05, 0) is 49.6 Å². The van der Waals surface area contributed by atoms with E-state index in [1.165, 1.54) is 18.2 Å². The Labute approximate surface area is 165 Å². The second-order valence-corrected chi connectivity index (χ2v) is 6.78. The monoisotopic (exact) mass is 403 g/mol. The number of aromatic nitrogens is 2. The third kappa shape index (κ3) is 3.87. The van der Waals surface area contributed by atoms with Crippen molar-refractivity contribution in [3.8, 4) is 0 Å². The Morgan fingerprint density at radius 1 is 1.14 bits per heavy atom. The van der Waals surface area contributed by atoms with E-state index in [4.69, 9.17) is 0 Å². The molecule has 0 spiro atoms. The molecular formula is C21H20F3N3O2. The number of hydrogen-bond donors (Lipinski definition) is 1. The standard InChI is InChI=1S/C21H20F3N3O2/c1-4-16(19(28)26-14-10-7-8-12(2)13(14)3)27-17-11-6-5-9-15(17)25-18(20(27)29)21(22,23)24/h5-11,16H,4H2,1-3H3,(H,26,28)/t16-/m0/s1. The number of carbonyl (C=O) groups excluding carboxylic acids is 1. The van der Waals surface area contributed by atoms with E-state index in [9.17, 15) is 22.8 Å². The quantitative estimate of drug-likeness (QED) is 0.691. The summed E-state index contributed by atoms with van der Waals surface area (Å²) in [4.78, 5) is 29.2. The second kappa shape index (κ2) is 7.69. The maximum absolute atomic E-state index is 13.4. The zero-order valence-corrected chi connectivity index (χ0v) is 16.2. The van der Waals surface area contributed by atoms with Crippen molar-refractivity contribution in [2.45, 2.75) is 39.4 Å². The Bertz CT molecular complexity index is 1140. The third-order valence-electron chi connectivity index (χ3n) is 4.93. The average molecular weight is 403 g/mol. The zero-order valence-electron chi connectivity index (χ0n) is 16.2. The van der Waals surface area contributed by atoms with Crippen LogP contribution in [0.15, 0.2) is 47.3 Å². The van der Waals surface area contributed by atoms with Crippen LogP contribution >= 0.6 is 0 Å². The summed E-state index contributed by atoms with van der Waals surface area (Å²) in [6.45, 7) is 5.36. The van der Waals surface area contributed by atoms with Crippen LogP contribution in [0.1, 0.15) is 36.2 Å². The molecular weight excluding hydrogens is 383 g/mol. The minimum Gasteiger partial charge on any atom is -0.324 e. The normalized spacial score (nSPS) is 12.8. The summed E-state index contributed by atoms with van der Waals surface area (Å²) in [6.07, 6.45) is -4.80. The number of carbonyl (C=O) groups is 1. The Morgan fingerprint density at radius 2 is 1.83 bits per heavy atom. The fraction of sp³-hybridized carbons (Fsp3) is 0.286. The number of alkyl halides is 3. The lowest BCUT2D eigenvalue weighted by atomic mass is 10.1. The Balaban J connectivity index is 2.16. The van der Waals surface area contributed by atoms with Crippen molar-refractivity contribution in [3.05, 3.63) is 69.6 Å². The smallest absolute Gasteiger partial charge is 0.324 e. The summed E-state index contributed by atoms with van der Waals surface area (Å²) in [5.74, 6) is -0.562. The molecule has 5 nitrogen and oxygen atoms in total. The number of fused-ring (bicyclic) bond motifs is 1. The van der Waals surface area contributed by atoms with E-state index in [0.29, 0.717) is 5.69 Å². The lowest BCUT2D eigenvalue weighted by molar-refractivity contribution is -0.142. The molecule has 0 unspecified atom stereocenters. The Hall–Kier alpha value is -3.16. The first-order chi connectivity index (χ1) is 13.6. The van der Waals surface area contributed by atoms with Gasteiger partial charge in [-0.3, -0.25) is 14.2 Å². The van der Waals surface area contributed by atoms with Crippen molar-refractivity contribution in [3.63, 3.8) is 0 Å². The Morgan fingerprint density at radius 3 is 2.48 bits per heavy atom. The number of anilines is 1. The summed E-state index contributed by atoms with van der Waals surface area (Å²) in [5, 5.41) is 2.75. The molecule has 0 saturated carbocycles. The number of aryl methyl sites for hydroxylation is 1. The number of rotatable bonds is 4. The molecule has 3 rings (SSSR count). The Kier molecular flexibility index (Phi) is 5.46. The van der Waals surface area contributed by atoms with Crippen molar-refractivity contribution in [1.29, 1.82) is 0 Å². The van der Waals surface area contributed by atoms with Gasteiger partial charge in [0.05, 0.1) is 11.0 Å². The van der Waals surface area contributed by atoms with E-state index in [1.807, 2.05) is 19.9 Å². The van der Waals surface area contributed by atoms with Gasteiger partial charge < -0.3 is 5.32 Å². The number of halogens is 3. The van der Waals surface area contributed by atoms with Crippen molar-refractivity contribution in [2.24, 2.45) is 0 Å². The van der Waals surface area contributed by atoms with E-state index in [-0.39, 0.29) is 17.5 Å². The van der Waals surface area contributed by atoms with E-state index in [2.05, 4.69) is 10.3 Å². The largest absolute Gasteiger partial charge is 0.438 e. The molecule has 2 aromatic carbocycles. The number of para-hydroxylation sites is 2. The summed E-state index contributed by atoms with van der Waals surface area (Å²) < 4.78 is 41.1. The first-order valence-electron chi connectivity index (χ1n) is 9.10. The van der Waals surface area contributed by atoms with Crippen LogP contribution in [0.4, 0.5) is 18.9 Å². The van der Waals surface area contributed by atoms with Crippen LogP contribution in [0.2, 0.25) is 0 Å². The molecule has 1 atom stereocenters. The van der Waals surface area contributed by atoms with Crippen LogP contribution in [0.3, 0.4) is 0 Å². The highest BCUT2D eigenvalue weighted by atomic mass is 19.4. The highest BCUT2D eigenvalue weighted by molar-refractivity contribution is 5.95. The summed E-state index contributed by atoms with van der Waals surface area (Å²) >= 11 is 0. The maximum Gasteiger partial charge on any atom is 0.438 e.